The van der Waals surface area contributed by atoms with Crippen molar-refractivity contribution in [1.82, 2.24) is 4.90 Å². The first-order chi connectivity index (χ1) is 14.0. The predicted molar refractivity (Wildman–Crippen MR) is 117 cm³/mol. The Kier molecular flexibility index (Phi) is 5.56. The summed E-state index contributed by atoms with van der Waals surface area (Å²) in [4.78, 5) is 31.2. The van der Waals surface area contributed by atoms with E-state index in [1.807, 2.05) is 34.1 Å². The summed E-state index contributed by atoms with van der Waals surface area (Å²) in [5, 5.41) is 0. The van der Waals surface area contributed by atoms with Crippen molar-refractivity contribution in [3.63, 3.8) is 0 Å². The lowest BCUT2D eigenvalue weighted by Crippen LogP contribution is -2.49. The molecule has 0 aromatic heterocycles. The van der Waals surface area contributed by atoms with Crippen LogP contribution in [0, 0.1) is 13.8 Å². The van der Waals surface area contributed by atoms with Gasteiger partial charge in [-0.15, -0.1) is 0 Å². The van der Waals surface area contributed by atoms with Gasteiger partial charge in [0.25, 0.3) is 5.91 Å². The van der Waals surface area contributed by atoms with Crippen molar-refractivity contribution in [2.24, 2.45) is 0 Å². The number of anilines is 2. The van der Waals surface area contributed by atoms with E-state index in [4.69, 9.17) is 0 Å². The number of benzene rings is 2. The molecule has 2 fully saturated rings. The van der Waals surface area contributed by atoms with E-state index in [1.165, 1.54) is 16.8 Å². The summed E-state index contributed by atoms with van der Waals surface area (Å²) in [5.41, 5.74) is 5.41. The first kappa shape index (κ1) is 19.5. The Bertz CT molecular complexity index is 899. The Morgan fingerprint density at radius 3 is 2.24 bits per heavy atom. The Morgan fingerprint density at radius 2 is 1.59 bits per heavy atom. The largest absolute Gasteiger partial charge is 0.368 e. The Morgan fingerprint density at radius 1 is 0.862 bits per heavy atom. The van der Waals surface area contributed by atoms with Crippen LogP contribution in [0.15, 0.2) is 42.5 Å². The third-order valence-electron chi connectivity index (χ3n) is 6.01. The molecule has 0 saturated carbocycles. The summed E-state index contributed by atoms with van der Waals surface area (Å²) in [5.74, 6) is 0.250. The monoisotopic (exact) mass is 391 g/mol. The third kappa shape index (κ3) is 4.14. The van der Waals surface area contributed by atoms with Crippen LogP contribution >= 0.6 is 0 Å². The molecule has 2 saturated heterocycles. The maximum absolute atomic E-state index is 12.9. The lowest BCUT2D eigenvalue weighted by atomic mass is 10.1. The molecule has 0 N–H and O–H groups in total. The quantitative estimate of drug-likeness (QED) is 0.800. The minimum Gasteiger partial charge on any atom is -0.368 e. The summed E-state index contributed by atoms with van der Waals surface area (Å²) in [6.45, 7) is 8.16. The number of rotatable bonds is 3. The van der Waals surface area contributed by atoms with Crippen LogP contribution in [0.4, 0.5) is 11.4 Å². The van der Waals surface area contributed by atoms with E-state index in [1.54, 1.807) is 0 Å². The molecule has 0 aliphatic carbocycles. The van der Waals surface area contributed by atoms with Crippen molar-refractivity contribution < 1.29 is 9.59 Å². The fraction of sp³-hybridized carbons (Fsp3) is 0.417. The van der Waals surface area contributed by atoms with Gasteiger partial charge in [-0.25, -0.2) is 0 Å². The molecule has 2 amide bonds. The lowest BCUT2D eigenvalue weighted by molar-refractivity contribution is -0.119. The first-order valence-electron chi connectivity index (χ1n) is 10.5. The minimum atomic E-state index is 0.0711. The molecule has 2 aliphatic rings. The second kappa shape index (κ2) is 8.27. The summed E-state index contributed by atoms with van der Waals surface area (Å²) >= 11 is 0. The molecular weight excluding hydrogens is 362 g/mol. The summed E-state index contributed by atoms with van der Waals surface area (Å²) in [7, 11) is 0. The third-order valence-corrected chi connectivity index (χ3v) is 6.01. The van der Waals surface area contributed by atoms with Gasteiger partial charge in [0.05, 0.1) is 0 Å². The molecule has 2 aromatic rings. The van der Waals surface area contributed by atoms with Gasteiger partial charge in [0, 0.05) is 56.1 Å². The van der Waals surface area contributed by atoms with E-state index in [2.05, 4.69) is 36.9 Å². The van der Waals surface area contributed by atoms with Crippen molar-refractivity contribution in [2.45, 2.75) is 33.1 Å². The number of hydrogen-bond donors (Lipinski definition) is 0. The molecule has 2 aliphatic heterocycles. The summed E-state index contributed by atoms with van der Waals surface area (Å²) in [6.07, 6.45) is 2.63. The number of piperidine rings is 1. The molecule has 4 rings (SSSR count). The fourth-order valence-electron chi connectivity index (χ4n) is 4.36. The molecule has 152 valence electrons. The molecule has 0 spiro atoms. The van der Waals surface area contributed by atoms with Crippen molar-refractivity contribution in [3.05, 3.63) is 59.2 Å². The molecule has 5 nitrogen and oxygen atoms in total. The van der Waals surface area contributed by atoms with Gasteiger partial charge < -0.3 is 14.7 Å². The maximum atomic E-state index is 12.9. The molecule has 5 heteroatoms. The van der Waals surface area contributed by atoms with Crippen molar-refractivity contribution in [2.75, 3.05) is 42.5 Å². The highest BCUT2D eigenvalue weighted by Crippen LogP contribution is 2.24. The number of nitrogens with zero attached hydrogens (tertiary/aromatic N) is 3. The maximum Gasteiger partial charge on any atom is 0.253 e. The van der Waals surface area contributed by atoms with Gasteiger partial charge in [0.15, 0.2) is 0 Å². The van der Waals surface area contributed by atoms with Crippen LogP contribution in [0.1, 0.15) is 40.7 Å². The molecule has 2 heterocycles. The smallest absolute Gasteiger partial charge is 0.253 e. The van der Waals surface area contributed by atoms with Crippen LogP contribution < -0.4 is 9.80 Å². The van der Waals surface area contributed by atoms with Crippen LogP contribution in [0.3, 0.4) is 0 Å². The number of carbonyl (C=O) groups excluding carboxylic acids is 2. The molecule has 0 atom stereocenters. The van der Waals surface area contributed by atoms with Crippen LogP contribution in [0.2, 0.25) is 0 Å². The molecular formula is C24H29N3O2. The highest BCUT2D eigenvalue weighted by Gasteiger charge is 2.24. The second-order valence-corrected chi connectivity index (χ2v) is 8.12. The van der Waals surface area contributed by atoms with E-state index in [-0.39, 0.29) is 11.8 Å². The number of hydrogen-bond acceptors (Lipinski definition) is 3. The SMILES string of the molecule is Cc1ccc(N2CCN(C(=O)c3ccc(N4CCCCC4=O)cc3)CC2)c(C)c1. The topological polar surface area (TPSA) is 43.9 Å². The van der Waals surface area contributed by atoms with E-state index in [9.17, 15) is 9.59 Å². The molecule has 0 unspecified atom stereocenters. The average molecular weight is 392 g/mol. The van der Waals surface area contributed by atoms with Crippen molar-refractivity contribution >= 4 is 23.2 Å². The van der Waals surface area contributed by atoms with Gasteiger partial charge in [0.2, 0.25) is 5.91 Å². The predicted octanol–water partition coefficient (Wildman–Crippen LogP) is 3.78. The minimum absolute atomic E-state index is 0.0711. The number of aryl methyl sites for hydroxylation is 2. The first-order valence-corrected chi connectivity index (χ1v) is 10.5. The highest BCUT2D eigenvalue weighted by molar-refractivity contribution is 5.97. The zero-order valence-corrected chi connectivity index (χ0v) is 17.4. The fourth-order valence-corrected chi connectivity index (χ4v) is 4.36. The molecule has 29 heavy (non-hydrogen) atoms. The van der Waals surface area contributed by atoms with Gasteiger partial charge in [-0.1, -0.05) is 17.7 Å². The zero-order chi connectivity index (χ0) is 20.4. The van der Waals surface area contributed by atoms with Gasteiger partial charge in [-0.3, -0.25) is 9.59 Å². The van der Waals surface area contributed by atoms with Crippen LogP contribution in [0.25, 0.3) is 0 Å². The second-order valence-electron chi connectivity index (χ2n) is 8.12. The van der Waals surface area contributed by atoms with Gasteiger partial charge in [0.1, 0.15) is 0 Å². The normalized spacial score (nSPS) is 17.6. The van der Waals surface area contributed by atoms with E-state index >= 15 is 0 Å². The molecule has 0 radical (unpaired) electrons. The molecule has 2 aromatic carbocycles. The number of carbonyl (C=O) groups is 2. The highest BCUT2D eigenvalue weighted by atomic mass is 16.2. The van der Waals surface area contributed by atoms with Crippen molar-refractivity contribution in [3.8, 4) is 0 Å². The standard InChI is InChI=1S/C24H29N3O2/c1-18-6-11-22(19(2)17-18)25-13-15-26(16-14-25)24(29)20-7-9-21(10-8-20)27-12-4-3-5-23(27)28/h6-11,17H,3-5,12-16H2,1-2H3. The Hall–Kier alpha value is -2.82. The van der Waals surface area contributed by atoms with Gasteiger partial charge in [-0.05, 0) is 62.6 Å². The van der Waals surface area contributed by atoms with Crippen molar-refractivity contribution in [1.29, 1.82) is 0 Å². The Balaban J connectivity index is 1.38. The van der Waals surface area contributed by atoms with Crippen LogP contribution in [0.5, 0.6) is 0 Å². The average Bonchev–Trinajstić information content (AvgIpc) is 2.74. The van der Waals surface area contributed by atoms with E-state index in [0.29, 0.717) is 12.0 Å². The van der Waals surface area contributed by atoms with E-state index in [0.717, 1.165) is 51.3 Å². The zero-order valence-electron chi connectivity index (χ0n) is 17.4. The van der Waals surface area contributed by atoms with Gasteiger partial charge >= 0.3 is 0 Å². The number of amides is 2. The van der Waals surface area contributed by atoms with Gasteiger partial charge in [-0.2, -0.15) is 0 Å². The van der Waals surface area contributed by atoms with Crippen LogP contribution in [-0.2, 0) is 4.79 Å². The van der Waals surface area contributed by atoms with E-state index < -0.39 is 0 Å². The lowest BCUT2D eigenvalue weighted by Gasteiger charge is -2.37. The number of piperazine rings is 1. The molecule has 0 bridgehead atoms. The van der Waals surface area contributed by atoms with Crippen LogP contribution in [-0.4, -0.2) is 49.4 Å². The summed E-state index contributed by atoms with van der Waals surface area (Å²) < 4.78 is 0. The Labute approximate surface area is 172 Å². The summed E-state index contributed by atoms with van der Waals surface area (Å²) in [6, 6.07) is 14.1.